The third-order valence-corrected chi connectivity index (χ3v) is 18.8. The lowest BCUT2D eigenvalue weighted by molar-refractivity contribution is -0.138. The van der Waals surface area contributed by atoms with E-state index in [1.54, 1.807) is 56.3 Å². The molecule has 718 valence electrons. The Labute approximate surface area is 745 Å². The minimum Gasteiger partial charge on any atom is -0.497 e. The number of carboxylic acids is 1. The number of aliphatic imine (C=N–C) groups is 15. The van der Waals surface area contributed by atoms with Gasteiger partial charge in [-0.1, -0.05) is 74.5 Å². The van der Waals surface area contributed by atoms with E-state index in [2.05, 4.69) is 85.5 Å². The van der Waals surface area contributed by atoms with E-state index in [0.29, 0.717) is 18.4 Å². The van der Waals surface area contributed by atoms with Gasteiger partial charge in [0, 0.05) is 33.0 Å². The molecule has 0 aliphatic heterocycles. The molecule has 2 rings (SSSR count). The number of nitrogens with zero attached hydrogens (tertiary/aromatic N) is 16. The van der Waals surface area contributed by atoms with Crippen molar-refractivity contribution in [1.82, 2.24) is 15.5 Å². The zero-order chi connectivity index (χ0) is 97.2. The molecular weight excluding hydrogens is 1690 g/mol. The Kier molecular flexibility index (Phi) is 51.7. The monoisotopic (exact) mass is 1820 g/mol. The van der Waals surface area contributed by atoms with Crippen molar-refractivity contribution in [2.75, 3.05) is 59.5 Å². The molecule has 0 saturated carbocycles. The van der Waals surface area contributed by atoms with Crippen LogP contribution in [0.5, 0.6) is 0 Å². The Morgan fingerprint density at radius 1 is 0.411 bits per heavy atom. The Bertz CT molecular complexity index is 4370. The first kappa shape index (κ1) is 112. The number of benzene rings is 2. The van der Waals surface area contributed by atoms with Gasteiger partial charge in [-0.3, -0.25) is 26.4 Å². The lowest BCUT2D eigenvalue weighted by atomic mass is 10.0. The van der Waals surface area contributed by atoms with E-state index in [9.17, 15) is 112 Å². The van der Waals surface area contributed by atoms with Crippen LogP contribution in [0.15, 0.2) is 136 Å². The predicted molar refractivity (Wildman–Crippen MR) is 497 cm³/mol. The van der Waals surface area contributed by atoms with Crippen molar-refractivity contribution in [3.8, 4) is 0 Å². The molecule has 2 aromatic carbocycles. The number of aliphatic hydroxyl groups excluding tert-OH is 19. The molecule has 0 heterocycles. The quantitative estimate of drug-likeness (QED) is 0.0253. The highest BCUT2D eigenvalue weighted by Gasteiger charge is 2.34. The number of rotatable bonds is 62. The van der Waals surface area contributed by atoms with Crippen LogP contribution < -0.4 is 39.3 Å². The highest BCUT2D eigenvalue weighted by Crippen LogP contribution is 2.21. The van der Waals surface area contributed by atoms with E-state index in [1.165, 1.54) is 34.7 Å². The van der Waals surface area contributed by atoms with Crippen molar-refractivity contribution in [3.05, 3.63) is 71.8 Å². The van der Waals surface area contributed by atoms with E-state index in [0.717, 1.165) is 10.5 Å². The number of unbranched alkanes of at least 4 members (excludes halogenated alkanes) is 2. The zero-order valence-electron chi connectivity index (χ0n) is 73.3. The molecular formula is C80H131N27O22. The summed E-state index contributed by atoms with van der Waals surface area (Å²) in [5.41, 5.74) is 30.1. The van der Waals surface area contributed by atoms with Crippen LogP contribution in [0, 0.1) is 27.6 Å². The van der Waals surface area contributed by atoms with Gasteiger partial charge in [-0.15, -0.1) is 0 Å². The van der Waals surface area contributed by atoms with Crippen LogP contribution in [0.3, 0.4) is 0 Å². The molecule has 1 amide bonds. The second-order valence-electron chi connectivity index (χ2n) is 30.2. The number of guanidine groups is 2. The van der Waals surface area contributed by atoms with E-state index in [4.69, 9.17) is 50.3 Å². The van der Waals surface area contributed by atoms with Crippen molar-refractivity contribution in [1.29, 1.82) is 21.6 Å². The van der Waals surface area contributed by atoms with Crippen molar-refractivity contribution in [2.24, 2.45) is 109 Å². The third-order valence-electron chi connectivity index (χ3n) is 18.8. The number of hydrogen-bond acceptors (Lipinski definition) is 26. The molecule has 0 spiro atoms. The molecule has 0 aromatic heterocycles. The molecule has 129 heavy (non-hydrogen) atoms. The molecule has 15 atom stereocenters. The maximum atomic E-state index is 14.4. The van der Waals surface area contributed by atoms with Gasteiger partial charge in [-0.25, -0.2) is 79.7 Å². The predicted octanol–water partition coefficient (Wildman–Crippen LogP) is 3.99. The Morgan fingerprint density at radius 3 is 1.26 bits per heavy atom. The van der Waals surface area contributed by atoms with Crippen LogP contribution in [0.25, 0.3) is 0 Å². The van der Waals surface area contributed by atoms with Crippen LogP contribution in [0.4, 0.5) is 0 Å². The summed E-state index contributed by atoms with van der Waals surface area (Å²) in [5, 5.41) is 254. The van der Waals surface area contributed by atoms with Gasteiger partial charge in [0.25, 0.3) is 0 Å². The summed E-state index contributed by atoms with van der Waals surface area (Å²) in [4.78, 5) is 88.1. The molecule has 0 radical (unpaired) electrons. The standard InChI is InChI=1S/C80H131N27O22/c1-42(2)34-55(73(123)96-44(4)66(116)103-57(37-60(85)111)74(124)102-54(78(128)129)28-29-59(84)110)104-71(121)50(24-14-16-30-81)100-70(120)53(27-19-33-91-80(88)89)99-67(117)45(5)107(7)77(127)58(41-108)105-72(122)51(25-15-17-31-82)101-69(119)52(26-18-32-90-79(86)87)98-65(115)43(3)95-62(113)40-94-76(126)64(46(6)109)106-75(125)56(36-48-22-12-9-13-23-48)97-63(114)39-92-61(112)38-93-68(118)49(83)35-47-20-10-8-11-21-47/h8-13,20-23,42-46,49-58,64,108-109H,14-19,24-41,81-83H2,1-7H3,(H2,84,110)(H2,85,111)(H,92,112)(H,93,118)(H,94,126)(H,95,113)(H,96,123)(H,97,114)(H,98,115)(H,99,117)(H,100,120)(H,101,119)(H,102,124)(H,103,116)(H,104,121)(H,105,122)(H,106,125)(H,128,129)(H4,86,87,90)(H4,88,89,91). The van der Waals surface area contributed by atoms with Crippen molar-refractivity contribution in [2.45, 2.75) is 235 Å². The fourth-order valence-electron chi connectivity index (χ4n) is 11.6. The van der Waals surface area contributed by atoms with Gasteiger partial charge in [0.2, 0.25) is 88.5 Å². The molecule has 0 aliphatic rings. The first-order valence-electron chi connectivity index (χ1n) is 41.4. The van der Waals surface area contributed by atoms with Crippen LogP contribution in [0.2, 0.25) is 0 Å². The van der Waals surface area contributed by atoms with Gasteiger partial charge in [-0.05, 0) is 141 Å². The van der Waals surface area contributed by atoms with E-state index < -0.39 is 260 Å². The van der Waals surface area contributed by atoms with Gasteiger partial charge >= 0.3 is 5.97 Å². The Balaban J connectivity index is 2.67. The summed E-state index contributed by atoms with van der Waals surface area (Å²) in [6.07, 6.45) is -2.37. The fourth-order valence-corrected chi connectivity index (χ4v) is 11.6. The van der Waals surface area contributed by atoms with Gasteiger partial charge in [0.05, 0.1) is 25.2 Å². The van der Waals surface area contributed by atoms with Gasteiger partial charge < -0.3 is 146 Å². The highest BCUT2D eigenvalue weighted by molar-refractivity contribution is 5.97. The molecule has 49 nitrogen and oxygen atoms in total. The average Bonchev–Trinajstić information content (AvgIpc) is 0.919. The number of nitrogens with two attached hydrogens (primary N) is 5. The molecule has 0 bridgehead atoms. The van der Waals surface area contributed by atoms with Crippen LogP contribution in [-0.2, 0) is 22.4 Å². The summed E-state index contributed by atoms with van der Waals surface area (Å²) in [5.74, 6) is -17.9. The zero-order valence-corrected chi connectivity index (χ0v) is 73.3. The molecule has 0 saturated heterocycles. The highest BCUT2D eigenvalue weighted by atomic mass is 16.4. The van der Waals surface area contributed by atoms with E-state index >= 15 is 0 Å². The third kappa shape index (κ3) is 44.6. The van der Waals surface area contributed by atoms with Crippen LogP contribution in [-0.4, -0.2) is 381 Å². The van der Waals surface area contributed by atoms with E-state index in [-0.39, 0.29) is 103 Å². The van der Waals surface area contributed by atoms with Crippen molar-refractivity contribution >= 4 is 124 Å². The summed E-state index contributed by atoms with van der Waals surface area (Å²) < 4.78 is 0. The molecule has 15 unspecified atom stereocenters. The van der Waals surface area contributed by atoms with Crippen molar-refractivity contribution < 1.29 is 112 Å². The summed E-state index contributed by atoms with van der Waals surface area (Å²) in [6, 6.07) is -3.64. The number of aliphatic carboxylic acids is 1. The Morgan fingerprint density at radius 2 is 0.806 bits per heavy atom. The fraction of sp³-hybridized carbons (Fsp3) is 0.588. The van der Waals surface area contributed by atoms with Gasteiger partial charge in [0.1, 0.15) is 80.1 Å². The molecule has 36 N–H and O–H groups in total. The second-order valence-corrected chi connectivity index (χ2v) is 30.2. The lowest BCUT2D eigenvalue weighted by Gasteiger charge is -2.27. The largest absolute Gasteiger partial charge is 0.497 e. The molecule has 2 aromatic rings. The lowest BCUT2D eigenvalue weighted by Crippen LogP contribution is -2.46. The Hall–Kier alpha value is -13.3. The number of likely N-dealkylation sites (N-methyl/N-ethyl adjacent to an activating group) is 1. The van der Waals surface area contributed by atoms with Crippen molar-refractivity contribution in [3.63, 3.8) is 0 Å². The number of nitrogens with one attached hydrogen (secondary N) is 6. The maximum absolute atomic E-state index is 14.4. The average molecular weight is 1820 g/mol. The minimum atomic E-state index is -1.86. The summed E-state index contributed by atoms with van der Waals surface area (Å²) >= 11 is 0. The number of aliphatic hydroxyl groups is 19. The number of carbonyl (C=O) groups excluding carboxylic acids is 1. The maximum Gasteiger partial charge on any atom is 0.328 e. The minimum absolute atomic E-state index is 0.0198. The smallest absolute Gasteiger partial charge is 0.328 e. The number of amides is 1. The first-order chi connectivity index (χ1) is 60.8. The topological polar surface area (TPSA) is 877 Å². The molecule has 0 fully saturated rings. The summed E-state index contributed by atoms with van der Waals surface area (Å²) in [6.45, 7) is 5.72. The van der Waals surface area contributed by atoms with Crippen LogP contribution in [0.1, 0.15) is 143 Å². The van der Waals surface area contributed by atoms with Gasteiger partial charge in [0.15, 0.2) is 47.7 Å². The molecule has 0 aliphatic carbocycles. The number of carboxylic acid groups (broad SMARTS) is 1. The summed E-state index contributed by atoms with van der Waals surface area (Å²) in [7, 11) is 1.18. The number of carbonyl (C=O) groups is 2. The van der Waals surface area contributed by atoms with Crippen LogP contribution >= 0.6 is 0 Å². The van der Waals surface area contributed by atoms with Gasteiger partial charge in [-0.2, -0.15) is 0 Å². The first-order valence-corrected chi connectivity index (χ1v) is 41.4. The second kappa shape index (κ2) is 59.6. The SMILES string of the molecule is CC(C)CC(N=C(O)C(CCCCN)N=C(O)C(CCCNC(=N)N)N=C(O)C(C)N(C)C(=O)C(CO)N=C(O)C(CCCCN)N=C(O)C(CCCNC(=N)N)N=C(O)C(C)N=C(O)CN=C(O)C(N=C(O)C(Cc1ccccc1)N=C(O)CN=C(O)CN=C(O)C(N)Cc1ccccc1)C(C)O)C(O)=NC(C)C(O)=NC(CC(=N)O)C(O)=NC(CCC(=N)O)C(=O)O. The molecule has 49 heteroatoms. The van der Waals surface area contributed by atoms with E-state index in [1.807, 2.05) is 18.2 Å². The normalized spacial score (nSPS) is 17.4. The number of hydrogen-bond donors (Lipinski definition) is 31.